The number of benzene rings is 1. The zero-order valence-corrected chi connectivity index (χ0v) is 11.9. The molecule has 0 amide bonds. The number of aromatic nitrogens is 1. The third-order valence-corrected chi connectivity index (χ3v) is 2.47. The molecule has 1 heterocycles. The van der Waals surface area contributed by atoms with E-state index in [1.54, 1.807) is 12.1 Å². The molecule has 100 valence electrons. The fourth-order valence-electron chi connectivity index (χ4n) is 1.45. The lowest BCUT2D eigenvalue weighted by Crippen LogP contribution is -1.99. The summed E-state index contributed by atoms with van der Waals surface area (Å²) in [7, 11) is 0. The minimum Gasteiger partial charge on any atom is -0.455 e. The van der Waals surface area contributed by atoms with E-state index >= 15 is 0 Å². The molecule has 2 aromatic rings. The predicted octanol–water partition coefficient (Wildman–Crippen LogP) is 4.76. The first-order valence-electron chi connectivity index (χ1n) is 6.06. The number of Topliss-reactive ketones (excluding diaryl/α,β-unsaturated/α-hetero) is 1. The number of ketones is 1. The Bertz CT molecular complexity index is 541. The fourth-order valence-corrected chi connectivity index (χ4v) is 1.73. The Morgan fingerprint density at radius 3 is 2.37 bits per heavy atom. The lowest BCUT2D eigenvalue weighted by atomic mass is 10.2. The molecule has 0 N–H and O–H groups in total. The fraction of sp³-hybridized carbons (Fsp3) is 0.200. The van der Waals surface area contributed by atoms with Crippen molar-refractivity contribution in [1.29, 1.82) is 0 Å². The molecule has 0 unspecified atom stereocenters. The number of carbonyl (C=O) groups is 1. The molecule has 0 atom stereocenters. The number of rotatable bonds is 3. The monoisotopic (exact) mass is 277 g/mol. The number of halogens is 1. The first-order chi connectivity index (χ1) is 9.18. The van der Waals surface area contributed by atoms with Gasteiger partial charge in [-0.05, 0) is 19.1 Å². The van der Waals surface area contributed by atoms with Gasteiger partial charge >= 0.3 is 0 Å². The lowest BCUT2D eigenvalue weighted by molar-refractivity contribution is 0.101. The standard InChI is InChI=1S/C13H10ClNO2.C2H6/c1-9(16)13-11(14)7-15-8-12(13)17-10-5-3-2-4-6-10;1-2/h2-8H,1H3;1-2H3. The first-order valence-corrected chi connectivity index (χ1v) is 6.43. The Kier molecular flexibility index (Phi) is 6.03. The van der Waals surface area contributed by atoms with Crippen molar-refractivity contribution in [2.24, 2.45) is 0 Å². The van der Waals surface area contributed by atoms with Crippen LogP contribution in [0.2, 0.25) is 5.02 Å². The van der Waals surface area contributed by atoms with Crippen LogP contribution in [0.5, 0.6) is 11.5 Å². The molecule has 4 heteroatoms. The van der Waals surface area contributed by atoms with Gasteiger partial charge in [-0.1, -0.05) is 43.6 Å². The van der Waals surface area contributed by atoms with Crippen molar-refractivity contribution in [3.63, 3.8) is 0 Å². The minimum atomic E-state index is -0.150. The predicted molar refractivity (Wildman–Crippen MR) is 77.1 cm³/mol. The maximum atomic E-state index is 11.5. The molecule has 0 saturated heterocycles. The van der Waals surface area contributed by atoms with Gasteiger partial charge in [-0.15, -0.1) is 0 Å². The lowest BCUT2D eigenvalue weighted by Gasteiger charge is -2.09. The normalized spacial score (nSPS) is 9.26. The molecular weight excluding hydrogens is 262 g/mol. The summed E-state index contributed by atoms with van der Waals surface area (Å²) in [5.41, 5.74) is 0.352. The molecule has 1 aromatic carbocycles. The zero-order chi connectivity index (χ0) is 14.3. The molecule has 0 aliphatic carbocycles. The summed E-state index contributed by atoms with van der Waals surface area (Å²) < 4.78 is 5.58. The smallest absolute Gasteiger partial charge is 0.165 e. The van der Waals surface area contributed by atoms with Crippen LogP contribution in [0, 0.1) is 0 Å². The molecule has 19 heavy (non-hydrogen) atoms. The summed E-state index contributed by atoms with van der Waals surface area (Å²) >= 11 is 5.93. The van der Waals surface area contributed by atoms with Gasteiger partial charge in [0.05, 0.1) is 16.8 Å². The molecule has 0 spiro atoms. The van der Waals surface area contributed by atoms with Crippen LogP contribution in [0.1, 0.15) is 31.1 Å². The van der Waals surface area contributed by atoms with Gasteiger partial charge in [0.2, 0.25) is 0 Å². The average Bonchev–Trinajstić information content (AvgIpc) is 2.42. The van der Waals surface area contributed by atoms with Crippen molar-refractivity contribution >= 4 is 17.4 Å². The van der Waals surface area contributed by atoms with Gasteiger partial charge in [0.25, 0.3) is 0 Å². The Balaban J connectivity index is 0.000000861. The maximum Gasteiger partial charge on any atom is 0.165 e. The second-order valence-corrected chi connectivity index (χ2v) is 3.87. The molecule has 0 aliphatic heterocycles. The third-order valence-electron chi connectivity index (χ3n) is 2.19. The highest BCUT2D eigenvalue weighted by molar-refractivity contribution is 6.34. The van der Waals surface area contributed by atoms with Crippen LogP contribution in [-0.4, -0.2) is 10.8 Å². The minimum absolute atomic E-state index is 0.150. The highest BCUT2D eigenvalue weighted by atomic mass is 35.5. The van der Waals surface area contributed by atoms with Gasteiger partial charge < -0.3 is 4.74 Å². The van der Waals surface area contributed by atoms with Crippen LogP contribution < -0.4 is 4.74 Å². The summed E-state index contributed by atoms with van der Waals surface area (Å²) in [6.45, 7) is 5.44. The SMILES string of the molecule is CC.CC(=O)c1c(Cl)cncc1Oc1ccccc1. The molecule has 1 aromatic heterocycles. The van der Waals surface area contributed by atoms with Gasteiger partial charge in [0.15, 0.2) is 11.5 Å². The van der Waals surface area contributed by atoms with Crippen molar-refractivity contribution in [2.45, 2.75) is 20.8 Å². The van der Waals surface area contributed by atoms with Gasteiger partial charge in [0, 0.05) is 6.20 Å². The Morgan fingerprint density at radius 2 is 1.79 bits per heavy atom. The number of para-hydroxylation sites is 1. The zero-order valence-electron chi connectivity index (χ0n) is 11.2. The van der Waals surface area contributed by atoms with Crippen molar-refractivity contribution in [3.05, 3.63) is 53.3 Å². The number of carbonyl (C=O) groups excluding carboxylic acids is 1. The molecule has 0 radical (unpaired) electrons. The molecular formula is C15H16ClNO2. The van der Waals surface area contributed by atoms with E-state index in [4.69, 9.17) is 16.3 Å². The summed E-state index contributed by atoms with van der Waals surface area (Å²) in [6.07, 6.45) is 2.91. The van der Waals surface area contributed by atoms with Crippen LogP contribution >= 0.6 is 11.6 Å². The summed E-state index contributed by atoms with van der Waals surface area (Å²) in [6, 6.07) is 9.17. The number of hydrogen-bond donors (Lipinski definition) is 0. The molecule has 0 saturated carbocycles. The van der Waals surface area contributed by atoms with Crippen molar-refractivity contribution in [1.82, 2.24) is 4.98 Å². The van der Waals surface area contributed by atoms with E-state index in [1.807, 2.05) is 32.0 Å². The van der Waals surface area contributed by atoms with Crippen LogP contribution in [0.4, 0.5) is 0 Å². The van der Waals surface area contributed by atoms with E-state index in [0.717, 1.165) is 0 Å². The van der Waals surface area contributed by atoms with E-state index in [9.17, 15) is 4.79 Å². The van der Waals surface area contributed by atoms with E-state index in [2.05, 4.69) is 4.98 Å². The van der Waals surface area contributed by atoms with E-state index in [1.165, 1.54) is 19.3 Å². The summed E-state index contributed by atoms with van der Waals surface area (Å²) in [5.74, 6) is 0.860. The van der Waals surface area contributed by atoms with Crippen LogP contribution in [0.3, 0.4) is 0 Å². The molecule has 0 aliphatic rings. The highest BCUT2D eigenvalue weighted by Crippen LogP contribution is 2.29. The number of hydrogen-bond acceptors (Lipinski definition) is 3. The maximum absolute atomic E-state index is 11.5. The van der Waals surface area contributed by atoms with E-state index < -0.39 is 0 Å². The van der Waals surface area contributed by atoms with Gasteiger partial charge in [-0.25, -0.2) is 0 Å². The largest absolute Gasteiger partial charge is 0.455 e. The average molecular weight is 278 g/mol. The van der Waals surface area contributed by atoms with Crippen LogP contribution in [0.15, 0.2) is 42.7 Å². The number of pyridine rings is 1. The second-order valence-electron chi connectivity index (χ2n) is 3.47. The Hall–Kier alpha value is -1.87. The third kappa shape index (κ3) is 4.07. The Morgan fingerprint density at radius 1 is 1.16 bits per heavy atom. The van der Waals surface area contributed by atoms with E-state index in [-0.39, 0.29) is 5.78 Å². The second kappa shape index (κ2) is 7.54. The van der Waals surface area contributed by atoms with Crippen molar-refractivity contribution in [3.8, 4) is 11.5 Å². The van der Waals surface area contributed by atoms with Gasteiger partial charge in [-0.2, -0.15) is 0 Å². The molecule has 3 nitrogen and oxygen atoms in total. The quantitative estimate of drug-likeness (QED) is 0.760. The number of nitrogens with zero attached hydrogens (tertiary/aromatic N) is 1. The highest BCUT2D eigenvalue weighted by Gasteiger charge is 2.14. The number of ether oxygens (including phenoxy) is 1. The van der Waals surface area contributed by atoms with Crippen molar-refractivity contribution in [2.75, 3.05) is 0 Å². The summed E-state index contributed by atoms with van der Waals surface area (Å²) in [5, 5.41) is 0.297. The van der Waals surface area contributed by atoms with Crippen LogP contribution in [0.25, 0.3) is 0 Å². The summed E-state index contributed by atoms with van der Waals surface area (Å²) in [4.78, 5) is 15.4. The van der Waals surface area contributed by atoms with E-state index in [0.29, 0.717) is 22.1 Å². The van der Waals surface area contributed by atoms with Gasteiger partial charge in [0.1, 0.15) is 5.75 Å². The van der Waals surface area contributed by atoms with Crippen LogP contribution in [-0.2, 0) is 0 Å². The molecule has 0 fully saturated rings. The molecule has 0 bridgehead atoms. The first kappa shape index (κ1) is 15.2. The molecule has 2 rings (SSSR count). The van der Waals surface area contributed by atoms with Crippen molar-refractivity contribution < 1.29 is 9.53 Å². The Labute approximate surface area is 118 Å². The van der Waals surface area contributed by atoms with Gasteiger partial charge in [-0.3, -0.25) is 9.78 Å². The topological polar surface area (TPSA) is 39.2 Å².